The first-order valence-electron chi connectivity index (χ1n) is 8.86. The molecule has 2 heteroatoms. The molecule has 0 aromatic heterocycles. The molecule has 0 amide bonds. The molecule has 5 aliphatic rings. The van der Waals surface area contributed by atoms with Crippen LogP contribution in [0.3, 0.4) is 0 Å². The average molecular weight is 286 g/mol. The lowest BCUT2D eigenvalue weighted by atomic mass is 9.53. The Labute approximate surface area is 126 Å². The van der Waals surface area contributed by atoms with E-state index in [1.165, 1.54) is 32.1 Å². The van der Waals surface area contributed by atoms with Gasteiger partial charge in [0.2, 0.25) is 0 Å². The number of aliphatic hydroxyl groups is 2. The number of hydrogen-bond donors (Lipinski definition) is 2. The van der Waals surface area contributed by atoms with Gasteiger partial charge in [0.15, 0.2) is 0 Å². The fourth-order valence-corrected chi connectivity index (χ4v) is 6.83. The molecular weight excluding hydrogens is 260 g/mol. The van der Waals surface area contributed by atoms with E-state index in [0.717, 1.165) is 36.5 Å². The molecule has 0 aromatic rings. The van der Waals surface area contributed by atoms with E-state index in [9.17, 15) is 10.2 Å². The Morgan fingerprint density at radius 3 is 2.90 bits per heavy atom. The van der Waals surface area contributed by atoms with Crippen LogP contribution in [0.15, 0.2) is 23.0 Å². The summed E-state index contributed by atoms with van der Waals surface area (Å²) in [6.07, 6.45) is 10.1. The Bertz CT molecular complexity index is 560. The molecule has 5 rings (SSSR count). The van der Waals surface area contributed by atoms with Crippen molar-refractivity contribution in [1.29, 1.82) is 0 Å². The highest BCUT2D eigenvalue weighted by Crippen LogP contribution is 2.71. The molecule has 0 aliphatic heterocycles. The zero-order valence-corrected chi connectivity index (χ0v) is 12.9. The van der Waals surface area contributed by atoms with Crippen molar-refractivity contribution >= 4 is 0 Å². The van der Waals surface area contributed by atoms with Gasteiger partial charge in [-0.15, -0.1) is 0 Å². The first-order valence-corrected chi connectivity index (χ1v) is 8.86. The molecule has 21 heavy (non-hydrogen) atoms. The van der Waals surface area contributed by atoms with Crippen molar-refractivity contribution in [3.63, 3.8) is 0 Å². The predicted octanol–water partition coefficient (Wildman–Crippen LogP) is 3.97. The molecule has 114 valence electrons. The van der Waals surface area contributed by atoms with Crippen LogP contribution in [0.4, 0.5) is 0 Å². The zero-order valence-electron chi connectivity index (χ0n) is 12.9. The Balaban J connectivity index is 1.50. The molecule has 3 fully saturated rings. The fraction of sp³-hybridized carbons (Fsp3) is 0.789. The number of rotatable bonds is 0. The summed E-state index contributed by atoms with van der Waals surface area (Å²) in [7, 11) is 0. The van der Waals surface area contributed by atoms with Crippen LogP contribution in [-0.4, -0.2) is 16.3 Å². The quantitative estimate of drug-likeness (QED) is 0.661. The fourth-order valence-electron chi connectivity index (χ4n) is 6.83. The summed E-state index contributed by atoms with van der Waals surface area (Å²) in [6, 6.07) is 0. The molecule has 3 saturated carbocycles. The third kappa shape index (κ3) is 1.52. The molecule has 5 unspecified atom stereocenters. The second-order valence-corrected chi connectivity index (χ2v) is 8.59. The minimum Gasteiger partial charge on any atom is -0.512 e. The van der Waals surface area contributed by atoms with E-state index in [1.807, 2.05) is 6.08 Å². The van der Waals surface area contributed by atoms with E-state index in [0.29, 0.717) is 11.7 Å². The normalized spacial score (nSPS) is 54.3. The summed E-state index contributed by atoms with van der Waals surface area (Å²) >= 11 is 0. The molecule has 2 nitrogen and oxygen atoms in total. The number of aliphatic hydroxyl groups excluding tert-OH is 2. The second-order valence-electron chi connectivity index (χ2n) is 8.59. The van der Waals surface area contributed by atoms with Crippen molar-refractivity contribution in [2.24, 2.45) is 35.0 Å². The Kier molecular flexibility index (Phi) is 2.40. The number of allylic oxidation sites excluding steroid dienone is 3. The van der Waals surface area contributed by atoms with Crippen LogP contribution >= 0.6 is 0 Å². The van der Waals surface area contributed by atoms with E-state index in [1.54, 1.807) is 11.1 Å². The van der Waals surface area contributed by atoms with E-state index in [4.69, 9.17) is 0 Å². The van der Waals surface area contributed by atoms with Crippen molar-refractivity contribution in [3.05, 3.63) is 23.0 Å². The average Bonchev–Trinajstić information content (AvgIpc) is 3.21. The lowest BCUT2D eigenvalue weighted by Crippen LogP contribution is -2.47. The number of hydrogen-bond acceptors (Lipinski definition) is 2. The Hall–Kier alpha value is -0.760. The molecular formula is C19H26O2. The van der Waals surface area contributed by atoms with Gasteiger partial charge in [-0.05, 0) is 79.6 Å². The van der Waals surface area contributed by atoms with Crippen molar-refractivity contribution in [2.75, 3.05) is 0 Å². The Morgan fingerprint density at radius 2 is 2.05 bits per heavy atom. The molecule has 0 aromatic carbocycles. The van der Waals surface area contributed by atoms with Crippen molar-refractivity contribution in [2.45, 2.75) is 58.0 Å². The molecule has 0 spiro atoms. The lowest BCUT2D eigenvalue weighted by molar-refractivity contribution is -0.0541. The molecule has 0 bridgehead atoms. The van der Waals surface area contributed by atoms with Crippen LogP contribution in [0.25, 0.3) is 0 Å². The van der Waals surface area contributed by atoms with Crippen LogP contribution in [0.1, 0.15) is 51.9 Å². The Morgan fingerprint density at radius 1 is 1.19 bits per heavy atom. The summed E-state index contributed by atoms with van der Waals surface area (Å²) in [6.45, 7) is 2.38. The SMILES string of the molecule is CC12CCC3C4=C(CCC3C1C1C[C@H]1[C@H]2O)CC(O)=CC4. The first-order chi connectivity index (χ1) is 10.1. The predicted molar refractivity (Wildman–Crippen MR) is 81.6 cm³/mol. The van der Waals surface area contributed by atoms with Gasteiger partial charge in [0.1, 0.15) is 0 Å². The highest BCUT2D eigenvalue weighted by atomic mass is 16.3. The van der Waals surface area contributed by atoms with Gasteiger partial charge in [-0.3, -0.25) is 0 Å². The minimum absolute atomic E-state index is 0.0286. The molecule has 0 saturated heterocycles. The van der Waals surface area contributed by atoms with Crippen LogP contribution < -0.4 is 0 Å². The largest absolute Gasteiger partial charge is 0.512 e. The van der Waals surface area contributed by atoms with Crippen molar-refractivity contribution in [3.8, 4) is 0 Å². The van der Waals surface area contributed by atoms with Crippen molar-refractivity contribution < 1.29 is 10.2 Å². The second kappa shape index (κ2) is 3.95. The van der Waals surface area contributed by atoms with Gasteiger partial charge in [-0.1, -0.05) is 18.1 Å². The van der Waals surface area contributed by atoms with Crippen molar-refractivity contribution in [1.82, 2.24) is 0 Å². The summed E-state index contributed by atoms with van der Waals surface area (Å²) in [5.41, 5.74) is 3.43. The van der Waals surface area contributed by atoms with Gasteiger partial charge in [0.05, 0.1) is 11.9 Å². The standard InChI is InChI=1S/C19H26O2/c1-19-7-6-13-12-5-3-11(20)8-10(12)2-4-14(13)17(19)15-9-16(15)18(19)21/h3,13-18,20-21H,2,4-9H2,1H3/t13?,14?,15?,16-,17?,18-,19?/m1/s1. The summed E-state index contributed by atoms with van der Waals surface area (Å²) in [4.78, 5) is 0. The van der Waals surface area contributed by atoms with Gasteiger partial charge in [-0.2, -0.15) is 0 Å². The van der Waals surface area contributed by atoms with Gasteiger partial charge in [0, 0.05) is 6.42 Å². The van der Waals surface area contributed by atoms with E-state index < -0.39 is 0 Å². The molecule has 7 atom stereocenters. The van der Waals surface area contributed by atoms with Crippen LogP contribution in [0, 0.1) is 35.0 Å². The molecule has 2 N–H and O–H groups in total. The van der Waals surface area contributed by atoms with E-state index in [2.05, 4.69) is 6.92 Å². The summed E-state index contributed by atoms with van der Waals surface area (Å²) in [5, 5.41) is 20.5. The summed E-state index contributed by atoms with van der Waals surface area (Å²) < 4.78 is 0. The zero-order chi connectivity index (χ0) is 14.4. The maximum absolute atomic E-state index is 10.7. The number of fused-ring (bicyclic) bond motifs is 6. The van der Waals surface area contributed by atoms with Gasteiger partial charge in [-0.25, -0.2) is 0 Å². The first kappa shape index (κ1) is 12.8. The lowest BCUT2D eigenvalue weighted by Gasteiger charge is -2.52. The van der Waals surface area contributed by atoms with Gasteiger partial charge < -0.3 is 10.2 Å². The van der Waals surface area contributed by atoms with Crippen LogP contribution in [0.5, 0.6) is 0 Å². The smallest absolute Gasteiger partial charge is 0.0926 e. The molecule has 0 heterocycles. The molecule has 0 radical (unpaired) electrons. The highest BCUT2D eigenvalue weighted by Gasteiger charge is 2.68. The van der Waals surface area contributed by atoms with Gasteiger partial charge in [0.25, 0.3) is 0 Å². The maximum atomic E-state index is 10.7. The topological polar surface area (TPSA) is 40.5 Å². The third-order valence-corrected chi connectivity index (χ3v) is 7.80. The minimum atomic E-state index is -0.0286. The maximum Gasteiger partial charge on any atom is 0.0926 e. The van der Waals surface area contributed by atoms with E-state index >= 15 is 0 Å². The van der Waals surface area contributed by atoms with E-state index in [-0.39, 0.29) is 11.5 Å². The summed E-state index contributed by atoms with van der Waals surface area (Å²) in [5.74, 6) is 4.37. The highest BCUT2D eigenvalue weighted by molar-refractivity contribution is 5.33. The van der Waals surface area contributed by atoms with Crippen LogP contribution in [0.2, 0.25) is 0 Å². The van der Waals surface area contributed by atoms with Gasteiger partial charge >= 0.3 is 0 Å². The third-order valence-electron chi connectivity index (χ3n) is 7.80. The van der Waals surface area contributed by atoms with Crippen LogP contribution in [-0.2, 0) is 0 Å². The monoisotopic (exact) mass is 286 g/mol. The molecule has 5 aliphatic carbocycles.